The maximum Gasteiger partial charge on any atom is 0.262 e. The quantitative estimate of drug-likeness (QED) is 0.774. The molecule has 0 spiro atoms. The van der Waals surface area contributed by atoms with Gasteiger partial charge in [0.15, 0.2) is 0 Å². The van der Waals surface area contributed by atoms with E-state index in [-0.39, 0.29) is 6.54 Å². The molecule has 1 saturated carbocycles. The molecule has 0 heterocycles. The van der Waals surface area contributed by atoms with E-state index in [0.717, 1.165) is 0 Å². The van der Waals surface area contributed by atoms with Crippen LogP contribution in [0.2, 0.25) is 0 Å². The van der Waals surface area contributed by atoms with E-state index in [1.807, 2.05) is 6.07 Å². The average Bonchev–Trinajstić information content (AvgIpc) is 2.63. The highest BCUT2D eigenvalue weighted by Gasteiger charge is 2.77. The smallest absolute Gasteiger partial charge is 0.262 e. The van der Waals surface area contributed by atoms with Crippen molar-refractivity contribution in [3.05, 3.63) is 35.9 Å². The van der Waals surface area contributed by atoms with Gasteiger partial charge in [-0.1, -0.05) is 37.3 Å². The van der Waals surface area contributed by atoms with Crippen molar-refractivity contribution in [2.45, 2.75) is 18.8 Å². The van der Waals surface area contributed by atoms with Crippen molar-refractivity contribution in [1.82, 2.24) is 0 Å². The van der Waals surface area contributed by atoms with E-state index in [4.69, 9.17) is 5.73 Å². The molecule has 1 aliphatic rings. The molecule has 2 rings (SSSR count). The number of nitrogens with two attached hydrogens (primary N) is 1. The summed E-state index contributed by atoms with van der Waals surface area (Å²) in [5.41, 5.74) is 5.03. The fourth-order valence-corrected chi connectivity index (χ4v) is 2.06. The molecule has 0 unspecified atom stereocenters. The van der Waals surface area contributed by atoms with Gasteiger partial charge in [0.2, 0.25) is 0 Å². The molecule has 2 N–H and O–H groups in total. The average molecular weight is 197 g/mol. The Morgan fingerprint density at radius 1 is 1.29 bits per heavy atom. The third kappa shape index (κ3) is 1.02. The molecule has 1 nitrogen and oxygen atoms in total. The minimum atomic E-state index is -2.65. The minimum absolute atomic E-state index is 0.0273. The van der Waals surface area contributed by atoms with Crippen LogP contribution in [-0.4, -0.2) is 12.5 Å². The molecule has 1 aliphatic carbocycles. The summed E-state index contributed by atoms with van der Waals surface area (Å²) in [6, 6.07) is 8.85. The van der Waals surface area contributed by atoms with Crippen molar-refractivity contribution in [3.63, 3.8) is 0 Å². The largest absolute Gasteiger partial charge is 0.330 e. The summed E-state index contributed by atoms with van der Waals surface area (Å²) in [6.07, 6.45) is 0. The summed E-state index contributed by atoms with van der Waals surface area (Å²) in [6.45, 7) is 1.57. The van der Waals surface area contributed by atoms with Crippen molar-refractivity contribution in [1.29, 1.82) is 0 Å². The Morgan fingerprint density at radius 3 is 2.29 bits per heavy atom. The second kappa shape index (κ2) is 2.76. The summed E-state index contributed by atoms with van der Waals surface area (Å²) in [5, 5.41) is 0. The molecule has 0 aromatic heterocycles. The molecule has 0 radical (unpaired) electrons. The highest BCUT2D eigenvalue weighted by Crippen LogP contribution is 2.70. The van der Waals surface area contributed by atoms with Gasteiger partial charge in [-0.2, -0.15) is 0 Å². The van der Waals surface area contributed by atoms with E-state index in [2.05, 4.69) is 0 Å². The molecule has 76 valence electrons. The topological polar surface area (TPSA) is 26.0 Å². The molecule has 0 saturated heterocycles. The van der Waals surface area contributed by atoms with Crippen LogP contribution in [0, 0.1) is 5.41 Å². The van der Waals surface area contributed by atoms with E-state index >= 15 is 0 Å². The van der Waals surface area contributed by atoms with Crippen LogP contribution in [0.25, 0.3) is 0 Å². The fraction of sp³-hybridized carbons (Fsp3) is 0.455. The van der Waals surface area contributed by atoms with Gasteiger partial charge < -0.3 is 5.73 Å². The predicted molar refractivity (Wildman–Crippen MR) is 51.3 cm³/mol. The van der Waals surface area contributed by atoms with Gasteiger partial charge in [0.05, 0.1) is 11.3 Å². The Bertz CT molecular complexity index is 336. The number of alkyl halides is 2. The van der Waals surface area contributed by atoms with Crippen molar-refractivity contribution >= 4 is 0 Å². The first-order chi connectivity index (χ1) is 6.54. The molecule has 14 heavy (non-hydrogen) atoms. The van der Waals surface area contributed by atoms with Gasteiger partial charge in [-0.15, -0.1) is 0 Å². The monoisotopic (exact) mass is 197 g/mol. The zero-order valence-corrected chi connectivity index (χ0v) is 8.00. The number of benzene rings is 1. The van der Waals surface area contributed by atoms with Gasteiger partial charge in [-0.05, 0) is 5.56 Å². The lowest BCUT2D eigenvalue weighted by Crippen LogP contribution is -2.18. The molecular formula is C11H13F2N. The molecule has 0 bridgehead atoms. The van der Waals surface area contributed by atoms with Gasteiger partial charge >= 0.3 is 0 Å². The van der Waals surface area contributed by atoms with Crippen molar-refractivity contribution in [2.24, 2.45) is 11.1 Å². The molecule has 3 heteroatoms. The summed E-state index contributed by atoms with van der Waals surface area (Å²) in [5.74, 6) is -3.36. The summed E-state index contributed by atoms with van der Waals surface area (Å²) >= 11 is 0. The maximum atomic E-state index is 13.5. The van der Waals surface area contributed by atoms with E-state index in [0.29, 0.717) is 5.56 Å². The van der Waals surface area contributed by atoms with Crippen LogP contribution in [-0.2, 0) is 0 Å². The van der Waals surface area contributed by atoms with Gasteiger partial charge in [0.25, 0.3) is 5.92 Å². The minimum Gasteiger partial charge on any atom is -0.330 e. The van der Waals surface area contributed by atoms with Gasteiger partial charge in [-0.25, -0.2) is 8.78 Å². The summed E-state index contributed by atoms with van der Waals surface area (Å²) in [7, 11) is 0. The Hall–Kier alpha value is -0.960. The van der Waals surface area contributed by atoms with Crippen molar-refractivity contribution < 1.29 is 8.78 Å². The van der Waals surface area contributed by atoms with Crippen LogP contribution in [0.4, 0.5) is 8.78 Å². The molecule has 0 aliphatic heterocycles. The van der Waals surface area contributed by atoms with E-state index in [1.54, 1.807) is 31.2 Å². The van der Waals surface area contributed by atoms with Crippen LogP contribution < -0.4 is 5.73 Å². The molecule has 0 amide bonds. The fourth-order valence-electron chi connectivity index (χ4n) is 2.06. The predicted octanol–water partition coefficient (Wildman–Crippen LogP) is 2.38. The lowest BCUT2D eigenvalue weighted by atomic mass is 10.0. The highest BCUT2D eigenvalue weighted by atomic mass is 19.3. The van der Waals surface area contributed by atoms with Gasteiger partial charge in [-0.3, -0.25) is 0 Å². The van der Waals surface area contributed by atoms with E-state index in [1.165, 1.54) is 0 Å². The summed E-state index contributed by atoms with van der Waals surface area (Å²) in [4.78, 5) is 0. The second-order valence-electron chi connectivity index (χ2n) is 4.09. The molecule has 1 aromatic carbocycles. The first-order valence-electron chi connectivity index (χ1n) is 4.67. The Balaban J connectivity index is 2.32. The Kier molecular flexibility index (Phi) is 1.89. The van der Waals surface area contributed by atoms with Crippen LogP contribution in [0.1, 0.15) is 18.4 Å². The maximum absolute atomic E-state index is 13.5. The SMILES string of the molecule is C[C@]1(CN)[C@H](c2ccccc2)C1(F)F. The van der Waals surface area contributed by atoms with E-state index in [9.17, 15) is 8.78 Å². The lowest BCUT2D eigenvalue weighted by molar-refractivity contribution is 0.0697. The number of hydrogen-bond acceptors (Lipinski definition) is 1. The molecule has 1 fully saturated rings. The highest BCUT2D eigenvalue weighted by molar-refractivity contribution is 5.37. The summed E-state index contributed by atoms with van der Waals surface area (Å²) < 4.78 is 26.9. The number of hydrogen-bond donors (Lipinski definition) is 1. The molecule has 2 atom stereocenters. The standard InChI is InChI=1S/C11H13F2N/c1-10(7-14)9(11(10,12)13)8-5-3-2-4-6-8/h2-6,9H,7,14H2,1H3/t9-,10-/m0/s1. The first kappa shape index (κ1) is 9.59. The number of halogens is 2. The zero-order valence-electron chi connectivity index (χ0n) is 8.00. The van der Waals surface area contributed by atoms with Gasteiger partial charge in [0.1, 0.15) is 0 Å². The second-order valence-corrected chi connectivity index (χ2v) is 4.09. The Morgan fingerprint density at radius 2 is 1.86 bits per heavy atom. The van der Waals surface area contributed by atoms with Crippen LogP contribution in [0.5, 0.6) is 0 Å². The van der Waals surface area contributed by atoms with Crippen LogP contribution >= 0.6 is 0 Å². The van der Waals surface area contributed by atoms with Crippen LogP contribution in [0.3, 0.4) is 0 Å². The van der Waals surface area contributed by atoms with E-state index < -0.39 is 17.3 Å². The molecular weight excluding hydrogens is 184 g/mol. The van der Waals surface area contributed by atoms with Crippen molar-refractivity contribution in [3.8, 4) is 0 Å². The van der Waals surface area contributed by atoms with Gasteiger partial charge in [0, 0.05) is 6.54 Å². The van der Waals surface area contributed by atoms with Crippen LogP contribution in [0.15, 0.2) is 30.3 Å². The van der Waals surface area contributed by atoms with Crippen molar-refractivity contribution in [2.75, 3.05) is 6.54 Å². The molecule has 1 aromatic rings. The lowest BCUT2D eigenvalue weighted by Gasteiger charge is -2.04. The Labute approximate surface area is 81.9 Å². The zero-order chi connectivity index (χ0) is 10.4. The third-order valence-corrected chi connectivity index (χ3v) is 3.23. The first-order valence-corrected chi connectivity index (χ1v) is 4.67. The normalized spacial score (nSPS) is 34.1. The number of rotatable bonds is 2. The third-order valence-electron chi connectivity index (χ3n) is 3.23.